The predicted molar refractivity (Wildman–Crippen MR) is 66.2 cm³/mol. The highest BCUT2D eigenvalue weighted by molar-refractivity contribution is 6.32. The number of benzene rings is 1. The quantitative estimate of drug-likeness (QED) is 0.762. The Kier molecular flexibility index (Phi) is 3.66. The summed E-state index contributed by atoms with van der Waals surface area (Å²) in [6.07, 6.45) is -4.35. The van der Waals surface area contributed by atoms with Gasteiger partial charge in [-0.3, -0.25) is 0 Å². The summed E-state index contributed by atoms with van der Waals surface area (Å²) in [6, 6.07) is 7.98. The molecule has 0 atom stereocenters. The van der Waals surface area contributed by atoms with E-state index in [2.05, 4.69) is 4.98 Å². The van der Waals surface area contributed by atoms with Crippen LogP contribution in [0, 0.1) is 0 Å². The number of nitrogens with zero attached hydrogens (tertiary/aromatic N) is 1. The Morgan fingerprint density at radius 3 is 2.16 bits per heavy atom. The van der Waals surface area contributed by atoms with Crippen LogP contribution in [0.2, 0.25) is 5.15 Å². The molecule has 2 nitrogen and oxygen atoms in total. The van der Waals surface area contributed by atoms with Crippen molar-refractivity contribution in [2.75, 3.05) is 7.11 Å². The Hall–Kier alpha value is -1.75. The van der Waals surface area contributed by atoms with E-state index < -0.39 is 11.7 Å². The minimum atomic E-state index is -4.35. The summed E-state index contributed by atoms with van der Waals surface area (Å²) in [7, 11) is 1.45. The molecular weight excluding hydrogens is 279 g/mol. The molecule has 0 aliphatic carbocycles. The van der Waals surface area contributed by atoms with Crippen LogP contribution in [0.15, 0.2) is 36.4 Å². The van der Waals surface area contributed by atoms with Crippen LogP contribution in [-0.4, -0.2) is 12.1 Å². The van der Waals surface area contributed by atoms with Gasteiger partial charge in [0.05, 0.1) is 12.7 Å². The number of aromatic nitrogens is 1. The van der Waals surface area contributed by atoms with E-state index in [-0.39, 0.29) is 5.15 Å². The Balaban J connectivity index is 2.37. The maximum absolute atomic E-state index is 12.4. The van der Waals surface area contributed by atoms with E-state index in [1.807, 2.05) is 0 Å². The maximum Gasteiger partial charge on any atom is 0.416 e. The molecular formula is C13H9ClF3NO. The SMILES string of the molecule is COc1ccc(-c2ccc(C(F)(F)F)cc2)c(Cl)n1. The zero-order valence-electron chi connectivity index (χ0n) is 9.83. The predicted octanol–water partition coefficient (Wildman–Crippen LogP) is 4.43. The zero-order valence-corrected chi connectivity index (χ0v) is 10.6. The second kappa shape index (κ2) is 5.09. The maximum atomic E-state index is 12.4. The number of methoxy groups -OCH3 is 1. The van der Waals surface area contributed by atoms with Crippen molar-refractivity contribution < 1.29 is 17.9 Å². The third-order valence-electron chi connectivity index (χ3n) is 2.56. The number of rotatable bonds is 2. The lowest BCUT2D eigenvalue weighted by atomic mass is 10.1. The highest BCUT2D eigenvalue weighted by Gasteiger charge is 2.30. The van der Waals surface area contributed by atoms with Gasteiger partial charge >= 0.3 is 6.18 Å². The average molecular weight is 288 g/mol. The molecule has 0 saturated carbocycles. The van der Waals surface area contributed by atoms with E-state index in [1.165, 1.54) is 19.2 Å². The average Bonchev–Trinajstić information content (AvgIpc) is 2.37. The number of hydrogen-bond acceptors (Lipinski definition) is 2. The van der Waals surface area contributed by atoms with Crippen molar-refractivity contribution in [3.8, 4) is 17.0 Å². The monoisotopic (exact) mass is 287 g/mol. The molecule has 0 N–H and O–H groups in total. The molecule has 6 heteroatoms. The molecule has 2 rings (SSSR count). The highest BCUT2D eigenvalue weighted by atomic mass is 35.5. The Morgan fingerprint density at radius 1 is 1.05 bits per heavy atom. The molecule has 0 aliphatic heterocycles. The topological polar surface area (TPSA) is 22.1 Å². The van der Waals surface area contributed by atoms with E-state index in [0.29, 0.717) is 17.0 Å². The van der Waals surface area contributed by atoms with E-state index in [4.69, 9.17) is 16.3 Å². The van der Waals surface area contributed by atoms with Crippen LogP contribution in [-0.2, 0) is 6.18 Å². The van der Waals surface area contributed by atoms with Crippen LogP contribution >= 0.6 is 11.6 Å². The third kappa shape index (κ3) is 2.98. The summed E-state index contributed by atoms with van der Waals surface area (Å²) in [6.45, 7) is 0. The summed E-state index contributed by atoms with van der Waals surface area (Å²) in [5, 5.41) is 0.180. The standard InChI is InChI=1S/C13H9ClF3NO/c1-19-11-7-6-10(12(14)18-11)8-2-4-9(5-3-8)13(15,16)17/h2-7H,1H3. The molecule has 1 heterocycles. The molecule has 0 unspecified atom stereocenters. The highest BCUT2D eigenvalue weighted by Crippen LogP contribution is 2.33. The van der Waals surface area contributed by atoms with Gasteiger partial charge in [0, 0.05) is 11.6 Å². The van der Waals surface area contributed by atoms with Crippen LogP contribution in [0.3, 0.4) is 0 Å². The fourth-order valence-corrected chi connectivity index (χ4v) is 1.84. The van der Waals surface area contributed by atoms with Crippen LogP contribution in [0.5, 0.6) is 5.88 Å². The Labute approximate surface area is 112 Å². The van der Waals surface area contributed by atoms with Crippen LogP contribution in [0.4, 0.5) is 13.2 Å². The number of hydrogen-bond donors (Lipinski definition) is 0. The van der Waals surface area contributed by atoms with Gasteiger partial charge in [0.2, 0.25) is 5.88 Å². The van der Waals surface area contributed by atoms with Crippen LogP contribution in [0.25, 0.3) is 11.1 Å². The first-order valence-electron chi connectivity index (χ1n) is 5.30. The van der Waals surface area contributed by atoms with Crippen molar-refractivity contribution in [1.82, 2.24) is 4.98 Å². The smallest absolute Gasteiger partial charge is 0.416 e. The number of alkyl halides is 3. The Bertz CT molecular complexity index is 581. The minimum absolute atomic E-state index is 0.180. The van der Waals surface area contributed by atoms with Crippen molar-refractivity contribution in [3.05, 3.63) is 47.1 Å². The van der Waals surface area contributed by atoms with Crippen molar-refractivity contribution >= 4 is 11.6 Å². The summed E-state index contributed by atoms with van der Waals surface area (Å²) >= 11 is 5.96. The van der Waals surface area contributed by atoms with E-state index in [0.717, 1.165) is 12.1 Å². The fourth-order valence-electron chi connectivity index (χ4n) is 1.59. The number of pyridine rings is 1. The fraction of sp³-hybridized carbons (Fsp3) is 0.154. The van der Waals surface area contributed by atoms with E-state index >= 15 is 0 Å². The second-order valence-electron chi connectivity index (χ2n) is 3.77. The lowest BCUT2D eigenvalue weighted by Gasteiger charge is -2.09. The first kappa shape index (κ1) is 13.7. The number of ether oxygens (including phenoxy) is 1. The third-order valence-corrected chi connectivity index (χ3v) is 2.84. The molecule has 1 aromatic carbocycles. The van der Waals surface area contributed by atoms with Crippen LogP contribution < -0.4 is 4.74 Å². The normalized spacial score (nSPS) is 11.4. The summed E-state index contributed by atoms with van der Waals surface area (Å²) < 4.78 is 42.2. The summed E-state index contributed by atoms with van der Waals surface area (Å²) in [5.74, 6) is 0.348. The molecule has 0 aliphatic rings. The van der Waals surface area contributed by atoms with Crippen LogP contribution in [0.1, 0.15) is 5.56 Å². The Morgan fingerprint density at radius 2 is 1.68 bits per heavy atom. The lowest BCUT2D eigenvalue weighted by Crippen LogP contribution is -2.04. The molecule has 0 amide bonds. The van der Waals surface area contributed by atoms with Crippen molar-refractivity contribution in [1.29, 1.82) is 0 Å². The second-order valence-corrected chi connectivity index (χ2v) is 4.13. The van der Waals surface area contributed by atoms with Gasteiger partial charge in [-0.2, -0.15) is 13.2 Å². The molecule has 0 spiro atoms. The van der Waals surface area contributed by atoms with E-state index in [9.17, 15) is 13.2 Å². The van der Waals surface area contributed by atoms with Crippen molar-refractivity contribution in [2.45, 2.75) is 6.18 Å². The van der Waals surface area contributed by atoms with Crippen molar-refractivity contribution in [3.63, 3.8) is 0 Å². The van der Waals surface area contributed by atoms with Gasteiger partial charge in [0.15, 0.2) is 0 Å². The van der Waals surface area contributed by atoms with Gasteiger partial charge in [0.1, 0.15) is 5.15 Å². The minimum Gasteiger partial charge on any atom is -0.481 e. The molecule has 0 bridgehead atoms. The molecule has 1 aromatic heterocycles. The van der Waals surface area contributed by atoms with Gasteiger partial charge in [-0.25, -0.2) is 4.98 Å². The van der Waals surface area contributed by atoms with Gasteiger partial charge in [0.25, 0.3) is 0 Å². The summed E-state index contributed by atoms with van der Waals surface area (Å²) in [4.78, 5) is 3.96. The molecule has 100 valence electrons. The molecule has 0 saturated heterocycles. The van der Waals surface area contributed by atoms with E-state index in [1.54, 1.807) is 12.1 Å². The van der Waals surface area contributed by atoms with Crippen molar-refractivity contribution in [2.24, 2.45) is 0 Å². The molecule has 0 radical (unpaired) electrons. The lowest BCUT2D eigenvalue weighted by molar-refractivity contribution is -0.137. The first-order chi connectivity index (χ1) is 8.91. The largest absolute Gasteiger partial charge is 0.481 e. The zero-order chi connectivity index (χ0) is 14.0. The molecule has 19 heavy (non-hydrogen) atoms. The first-order valence-corrected chi connectivity index (χ1v) is 5.68. The molecule has 0 fully saturated rings. The molecule has 2 aromatic rings. The van der Waals surface area contributed by atoms with Gasteiger partial charge in [-0.05, 0) is 23.8 Å². The van der Waals surface area contributed by atoms with Gasteiger partial charge in [-0.1, -0.05) is 23.7 Å². The van der Waals surface area contributed by atoms with Gasteiger partial charge < -0.3 is 4.74 Å². The number of halogens is 4. The summed E-state index contributed by atoms with van der Waals surface area (Å²) in [5.41, 5.74) is 0.415. The van der Waals surface area contributed by atoms with Gasteiger partial charge in [-0.15, -0.1) is 0 Å².